The van der Waals surface area contributed by atoms with Gasteiger partial charge < -0.3 is 5.32 Å². The topological polar surface area (TPSA) is 29.1 Å². The quantitative estimate of drug-likeness (QED) is 0.915. The predicted molar refractivity (Wildman–Crippen MR) is 61.7 cm³/mol. The zero-order valence-electron chi connectivity index (χ0n) is 7.97. The second kappa shape index (κ2) is 3.76. The van der Waals surface area contributed by atoms with Gasteiger partial charge in [0.15, 0.2) is 0 Å². The Morgan fingerprint density at radius 3 is 2.79 bits per heavy atom. The second-order valence-electron chi connectivity index (χ2n) is 3.97. The van der Waals surface area contributed by atoms with Crippen molar-refractivity contribution in [3.05, 3.63) is 20.8 Å². The number of Topliss-reactive ketones (excluding diaryl/α,β-unsaturated/α-hetero) is 1. The van der Waals surface area contributed by atoms with Crippen LogP contribution in [0, 0.1) is 5.41 Å². The van der Waals surface area contributed by atoms with Crippen molar-refractivity contribution >= 4 is 33.0 Å². The van der Waals surface area contributed by atoms with Crippen molar-refractivity contribution in [2.75, 3.05) is 13.1 Å². The van der Waals surface area contributed by atoms with Crippen LogP contribution in [0.2, 0.25) is 0 Å². The van der Waals surface area contributed by atoms with Crippen molar-refractivity contribution < 1.29 is 4.79 Å². The van der Waals surface area contributed by atoms with Gasteiger partial charge in [-0.15, -0.1) is 11.3 Å². The molecule has 0 saturated carbocycles. The average Bonchev–Trinajstić information content (AvgIpc) is 2.47. The van der Waals surface area contributed by atoms with Gasteiger partial charge in [-0.1, -0.05) is 6.92 Å². The summed E-state index contributed by atoms with van der Waals surface area (Å²) in [6.07, 6.45) is 0.578. The van der Waals surface area contributed by atoms with Gasteiger partial charge in [-0.25, -0.2) is 0 Å². The molecule has 1 aromatic rings. The summed E-state index contributed by atoms with van der Waals surface area (Å²) in [7, 11) is 0. The summed E-state index contributed by atoms with van der Waals surface area (Å²) in [5.41, 5.74) is -0.115. The summed E-state index contributed by atoms with van der Waals surface area (Å²) < 4.78 is 1.09. The molecular weight excluding hydrogens is 262 g/mol. The Hall–Kier alpha value is -0.190. The van der Waals surface area contributed by atoms with Crippen LogP contribution in [0.15, 0.2) is 15.9 Å². The maximum atomic E-state index is 11.9. The largest absolute Gasteiger partial charge is 0.315 e. The number of halogens is 1. The third-order valence-corrected chi connectivity index (χ3v) is 4.29. The van der Waals surface area contributed by atoms with E-state index in [0.29, 0.717) is 12.2 Å². The minimum absolute atomic E-state index is 0.115. The first-order chi connectivity index (χ1) is 6.60. The first-order valence-corrected chi connectivity index (χ1v) is 6.19. The van der Waals surface area contributed by atoms with Gasteiger partial charge in [0.25, 0.3) is 0 Å². The average molecular weight is 274 g/mol. The lowest BCUT2D eigenvalue weighted by Crippen LogP contribution is -2.56. The Morgan fingerprint density at radius 1 is 1.64 bits per heavy atom. The van der Waals surface area contributed by atoms with Crippen LogP contribution in [0.1, 0.15) is 11.8 Å². The van der Waals surface area contributed by atoms with Gasteiger partial charge in [-0.2, -0.15) is 0 Å². The van der Waals surface area contributed by atoms with Gasteiger partial charge in [0.1, 0.15) is 5.78 Å². The van der Waals surface area contributed by atoms with Crippen LogP contribution in [0.5, 0.6) is 0 Å². The molecule has 1 N–H and O–H groups in total. The fourth-order valence-corrected chi connectivity index (χ4v) is 3.00. The Balaban J connectivity index is 2.01. The van der Waals surface area contributed by atoms with E-state index in [1.807, 2.05) is 19.1 Å². The van der Waals surface area contributed by atoms with Crippen molar-refractivity contribution in [2.24, 2.45) is 5.41 Å². The summed E-state index contributed by atoms with van der Waals surface area (Å²) in [6, 6.07) is 4.01. The third-order valence-electron chi connectivity index (χ3n) is 2.67. The normalized spacial score (nSPS) is 19.0. The molecule has 2 nitrogen and oxygen atoms in total. The molecule has 76 valence electrons. The standard InChI is InChI=1S/C10H12BrNOS/c1-10(5-12-6-10)8(13)4-7-2-3-9(11)14-7/h2-3,12H,4-6H2,1H3. The van der Waals surface area contributed by atoms with E-state index in [1.54, 1.807) is 11.3 Å². The Kier molecular flexibility index (Phi) is 2.77. The third kappa shape index (κ3) is 1.92. The van der Waals surface area contributed by atoms with Crippen molar-refractivity contribution in [2.45, 2.75) is 13.3 Å². The summed E-state index contributed by atoms with van der Waals surface area (Å²) in [4.78, 5) is 13.0. The van der Waals surface area contributed by atoms with E-state index in [1.165, 1.54) is 0 Å². The highest BCUT2D eigenvalue weighted by Gasteiger charge is 2.38. The summed E-state index contributed by atoms with van der Waals surface area (Å²) >= 11 is 5.04. The molecule has 1 fully saturated rings. The van der Waals surface area contributed by atoms with E-state index in [-0.39, 0.29) is 5.41 Å². The molecule has 1 aromatic heterocycles. The molecule has 0 amide bonds. The highest BCUT2D eigenvalue weighted by Crippen LogP contribution is 2.28. The highest BCUT2D eigenvalue weighted by atomic mass is 79.9. The van der Waals surface area contributed by atoms with Crippen LogP contribution in [-0.2, 0) is 11.2 Å². The van der Waals surface area contributed by atoms with Crippen molar-refractivity contribution in [1.82, 2.24) is 5.32 Å². The number of rotatable bonds is 3. The zero-order valence-corrected chi connectivity index (χ0v) is 10.4. The van der Waals surface area contributed by atoms with Gasteiger partial charge in [0.2, 0.25) is 0 Å². The molecule has 0 bridgehead atoms. The van der Waals surface area contributed by atoms with Gasteiger partial charge in [0.05, 0.1) is 9.20 Å². The maximum Gasteiger partial charge on any atom is 0.146 e. The van der Waals surface area contributed by atoms with E-state index in [4.69, 9.17) is 0 Å². The lowest BCUT2D eigenvalue weighted by Gasteiger charge is -2.37. The molecule has 0 unspecified atom stereocenters. The van der Waals surface area contributed by atoms with Crippen molar-refractivity contribution in [1.29, 1.82) is 0 Å². The molecule has 0 aromatic carbocycles. The number of ketones is 1. The fourth-order valence-electron chi connectivity index (χ4n) is 1.52. The first kappa shape index (κ1) is 10.3. The smallest absolute Gasteiger partial charge is 0.146 e. The Bertz CT molecular complexity index is 357. The van der Waals surface area contributed by atoms with Crippen LogP contribution < -0.4 is 5.32 Å². The molecule has 0 aliphatic carbocycles. The second-order valence-corrected chi connectivity index (χ2v) is 6.52. The number of hydrogen-bond donors (Lipinski definition) is 1. The van der Waals surface area contributed by atoms with Gasteiger partial charge in [-0.05, 0) is 28.1 Å². The molecule has 4 heteroatoms. The van der Waals surface area contributed by atoms with E-state index in [9.17, 15) is 4.79 Å². The van der Waals surface area contributed by atoms with Crippen LogP contribution in [0.25, 0.3) is 0 Å². The minimum Gasteiger partial charge on any atom is -0.315 e. The van der Waals surface area contributed by atoms with Crippen molar-refractivity contribution in [3.63, 3.8) is 0 Å². The molecule has 1 aliphatic rings. The number of carbonyl (C=O) groups is 1. The van der Waals surface area contributed by atoms with Gasteiger partial charge in [-0.3, -0.25) is 4.79 Å². The molecule has 0 radical (unpaired) electrons. The molecule has 1 saturated heterocycles. The SMILES string of the molecule is CC1(C(=O)Cc2ccc(Br)s2)CNC1. The van der Waals surface area contributed by atoms with Crippen molar-refractivity contribution in [3.8, 4) is 0 Å². The molecule has 14 heavy (non-hydrogen) atoms. The summed E-state index contributed by atoms with van der Waals surface area (Å²) in [5, 5.41) is 3.15. The molecule has 2 heterocycles. The summed E-state index contributed by atoms with van der Waals surface area (Å²) in [6.45, 7) is 3.70. The van der Waals surface area contributed by atoms with Crippen LogP contribution in [0.4, 0.5) is 0 Å². The molecule has 0 spiro atoms. The first-order valence-electron chi connectivity index (χ1n) is 4.58. The number of thiophene rings is 1. The summed E-state index contributed by atoms with van der Waals surface area (Å²) in [5.74, 6) is 0.352. The zero-order chi connectivity index (χ0) is 10.2. The Labute approximate surface area is 95.8 Å². The van der Waals surface area contributed by atoms with E-state index in [0.717, 1.165) is 21.8 Å². The van der Waals surface area contributed by atoms with Crippen LogP contribution in [-0.4, -0.2) is 18.9 Å². The maximum absolute atomic E-state index is 11.9. The molecular formula is C10H12BrNOS. The molecule has 1 aliphatic heterocycles. The molecule has 0 atom stereocenters. The van der Waals surface area contributed by atoms with E-state index >= 15 is 0 Å². The monoisotopic (exact) mass is 273 g/mol. The highest BCUT2D eigenvalue weighted by molar-refractivity contribution is 9.11. The number of carbonyl (C=O) groups excluding carboxylic acids is 1. The minimum atomic E-state index is -0.115. The van der Waals surface area contributed by atoms with Crippen LogP contribution in [0.3, 0.4) is 0 Å². The number of hydrogen-bond acceptors (Lipinski definition) is 3. The molecule has 2 rings (SSSR count). The Morgan fingerprint density at radius 2 is 2.36 bits per heavy atom. The number of nitrogens with one attached hydrogen (secondary N) is 1. The fraction of sp³-hybridized carbons (Fsp3) is 0.500. The van der Waals surface area contributed by atoms with Gasteiger partial charge in [0, 0.05) is 24.4 Å². The van der Waals surface area contributed by atoms with E-state index in [2.05, 4.69) is 21.2 Å². The predicted octanol–water partition coefficient (Wildman–Crippen LogP) is 2.23. The van der Waals surface area contributed by atoms with E-state index < -0.39 is 0 Å². The van der Waals surface area contributed by atoms with Gasteiger partial charge >= 0.3 is 0 Å². The van der Waals surface area contributed by atoms with Crippen LogP contribution >= 0.6 is 27.3 Å². The lowest BCUT2D eigenvalue weighted by atomic mass is 9.78. The lowest BCUT2D eigenvalue weighted by molar-refractivity contribution is -0.129.